The molecule has 3 amide bonds. The number of anilines is 2. The molecule has 0 radical (unpaired) electrons. The van der Waals surface area contributed by atoms with E-state index in [2.05, 4.69) is 16.0 Å². The molecule has 6 nitrogen and oxygen atoms in total. The van der Waals surface area contributed by atoms with Crippen LogP contribution in [0, 0.1) is 6.92 Å². The summed E-state index contributed by atoms with van der Waals surface area (Å²) in [5.41, 5.74) is 4.02. The summed E-state index contributed by atoms with van der Waals surface area (Å²) >= 11 is 13.6. The van der Waals surface area contributed by atoms with E-state index < -0.39 is 17.1 Å². The summed E-state index contributed by atoms with van der Waals surface area (Å²) in [5, 5.41) is 8.79. The van der Waals surface area contributed by atoms with Crippen molar-refractivity contribution in [3.05, 3.63) is 165 Å². The van der Waals surface area contributed by atoms with Crippen molar-refractivity contribution >= 4 is 70.1 Å². The summed E-state index contributed by atoms with van der Waals surface area (Å²) < 4.78 is 0. The van der Waals surface area contributed by atoms with Gasteiger partial charge in [-0.25, -0.2) is 0 Å². The molecule has 0 saturated carbocycles. The fourth-order valence-electron chi connectivity index (χ4n) is 4.56. The fraction of sp³-hybridized carbons (Fsp3) is 0.0541. The number of nitrogens with one attached hydrogen (secondary N) is 3. The van der Waals surface area contributed by atoms with Crippen molar-refractivity contribution in [3.63, 3.8) is 0 Å². The number of rotatable bonds is 10. The van der Waals surface area contributed by atoms with E-state index in [4.69, 9.17) is 23.2 Å². The number of carbonyl (C=O) groups excluding carboxylic acids is 3. The van der Waals surface area contributed by atoms with Crippen LogP contribution in [0.2, 0.25) is 10.0 Å². The Morgan fingerprint density at radius 1 is 0.696 bits per heavy atom. The lowest BCUT2D eigenvalue weighted by molar-refractivity contribution is -0.116. The third-order valence-electron chi connectivity index (χ3n) is 6.83. The molecule has 1 atom stereocenters. The van der Waals surface area contributed by atoms with Crippen LogP contribution in [0.25, 0.3) is 6.08 Å². The standard InChI is InChI=1S/C37H29Cl2N3O3S/c1-24-11-8-9-16-27(24)19-33(42-35(43)26-14-6-3-7-15-26)36(44)40-30-17-10-18-32(23-30)46-34(25-12-4-2-5-13-25)37(45)41-31-21-28(38)20-29(39)22-31/h2-23,34H,1H3,(H,40,44)(H,41,45)(H,42,43)/b33-19-. The molecule has 0 aliphatic carbocycles. The molecule has 0 aliphatic rings. The molecule has 5 aromatic rings. The Kier molecular flexibility index (Phi) is 10.9. The molecule has 0 heterocycles. The number of carbonyl (C=O) groups is 3. The van der Waals surface area contributed by atoms with E-state index in [1.807, 2.05) is 73.7 Å². The predicted octanol–water partition coefficient (Wildman–Crippen LogP) is 9.18. The molecule has 0 saturated heterocycles. The molecule has 0 spiro atoms. The Balaban J connectivity index is 1.38. The monoisotopic (exact) mass is 665 g/mol. The minimum atomic E-state index is -0.633. The van der Waals surface area contributed by atoms with Crippen LogP contribution >= 0.6 is 35.0 Å². The van der Waals surface area contributed by atoms with Crippen molar-refractivity contribution < 1.29 is 14.4 Å². The van der Waals surface area contributed by atoms with Crippen LogP contribution in [0.1, 0.15) is 32.3 Å². The van der Waals surface area contributed by atoms with Gasteiger partial charge in [0.25, 0.3) is 11.8 Å². The summed E-state index contributed by atoms with van der Waals surface area (Å²) in [5.74, 6) is -1.17. The molecule has 5 aromatic carbocycles. The van der Waals surface area contributed by atoms with Gasteiger partial charge in [-0.15, -0.1) is 11.8 Å². The van der Waals surface area contributed by atoms with Gasteiger partial charge in [0.05, 0.1) is 0 Å². The average Bonchev–Trinajstić information content (AvgIpc) is 3.04. The van der Waals surface area contributed by atoms with Crippen LogP contribution in [0.15, 0.2) is 138 Å². The number of halogens is 2. The molecular weight excluding hydrogens is 637 g/mol. The number of benzene rings is 5. The van der Waals surface area contributed by atoms with Crippen molar-refractivity contribution in [2.75, 3.05) is 10.6 Å². The molecular formula is C37H29Cl2N3O3S. The first-order valence-corrected chi connectivity index (χ1v) is 15.9. The van der Waals surface area contributed by atoms with E-state index >= 15 is 0 Å². The zero-order chi connectivity index (χ0) is 32.5. The maximum atomic E-state index is 13.6. The van der Waals surface area contributed by atoms with Crippen molar-refractivity contribution in [2.24, 2.45) is 0 Å². The Morgan fingerprint density at radius 2 is 1.35 bits per heavy atom. The number of hydrogen-bond donors (Lipinski definition) is 3. The van der Waals surface area contributed by atoms with E-state index in [-0.39, 0.29) is 11.6 Å². The smallest absolute Gasteiger partial charge is 0.272 e. The summed E-state index contributed by atoms with van der Waals surface area (Å²) in [7, 11) is 0. The minimum absolute atomic E-state index is 0.0860. The van der Waals surface area contributed by atoms with E-state index in [1.54, 1.807) is 66.7 Å². The number of thioether (sulfide) groups is 1. The topological polar surface area (TPSA) is 87.3 Å². The molecule has 5 rings (SSSR count). The third-order valence-corrected chi connectivity index (χ3v) is 8.52. The van der Waals surface area contributed by atoms with Gasteiger partial charge in [0.2, 0.25) is 5.91 Å². The molecule has 230 valence electrons. The Bertz CT molecular complexity index is 1880. The number of aryl methyl sites for hydroxylation is 1. The summed E-state index contributed by atoms with van der Waals surface area (Å²) in [4.78, 5) is 41.0. The third kappa shape index (κ3) is 8.88. The van der Waals surface area contributed by atoms with E-state index in [1.165, 1.54) is 11.8 Å². The van der Waals surface area contributed by atoms with Crippen LogP contribution in [0.4, 0.5) is 11.4 Å². The van der Waals surface area contributed by atoms with Gasteiger partial charge in [-0.2, -0.15) is 0 Å². The molecule has 46 heavy (non-hydrogen) atoms. The van der Waals surface area contributed by atoms with E-state index in [9.17, 15) is 14.4 Å². The van der Waals surface area contributed by atoms with Crippen LogP contribution in [-0.2, 0) is 9.59 Å². The van der Waals surface area contributed by atoms with E-state index in [0.717, 1.165) is 21.6 Å². The van der Waals surface area contributed by atoms with Crippen molar-refractivity contribution in [3.8, 4) is 0 Å². The summed E-state index contributed by atoms with van der Waals surface area (Å²) in [6.07, 6.45) is 1.65. The molecule has 3 N–H and O–H groups in total. The lowest BCUT2D eigenvalue weighted by Gasteiger charge is -2.18. The highest BCUT2D eigenvalue weighted by Crippen LogP contribution is 2.37. The van der Waals surface area contributed by atoms with E-state index in [0.29, 0.717) is 27.0 Å². The van der Waals surface area contributed by atoms with Gasteiger partial charge in [0.1, 0.15) is 10.9 Å². The second-order valence-electron chi connectivity index (χ2n) is 10.3. The minimum Gasteiger partial charge on any atom is -0.325 e. The quantitative estimate of drug-likeness (QED) is 0.103. The van der Waals surface area contributed by atoms with Gasteiger partial charge in [0.15, 0.2) is 0 Å². The van der Waals surface area contributed by atoms with Gasteiger partial charge >= 0.3 is 0 Å². The van der Waals surface area contributed by atoms with Crippen LogP contribution in [0.5, 0.6) is 0 Å². The zero-order valence-electron chi connectivity index (χ0n) is 24.7. The average molecular weight is 667 g/mol. The highest BCUT2D eigenvalue weighted by molar-refractivity contribution is 8.00. The Hall–Kier alpha value is -4.82. The fourth-order valence-corrected chi connectivity index (χ4v) is 6.17. The molecule has 0 fully saturated rings. The normalized spacial score (nSPS) is 11.8. The van der Waals surface area contributed by atoms with Crippen LogP contribution in [-0.4, -0.2) is 17.7 Å². The van der Waals surface area contributed by atoms with Crippen LogP contribution < -0.4 is 16.0 Å². The Morgan fingerprint density at radius 3 is 2.04 bits per heavy atom. The molecule has 1 unspecified atom stereocenters. The molecule has 0 aromatic heterocycles. The van der Waals surface area contributed by atoms with Gasteiger partial charge in [-0.1, -0.05) is 102 Å². The first-order valence-electron chi connectivity index (χ1n) is 14.3. The molecule has 9 heteroatoms. The zero-order valence-corrected chi connectivity index (χ0v) is 27.0. The molecule has 0 aliphatic heterocycles. The largest absolute Gasteiger partial charge is 0.325 e. The van der Waals surface area contributed by atoms with Gasteiger partial charge in [-0.3, -0.25) is 14.4 Å². The second-order valence-corrected chi connectivity index (χ2v) is 12.3. The van der Waals surface area contributed by atoms with Crippen molar-refractivity contribution in [2.45, 2.75) is 17.1 Å². The second kappa shape index (κ2) is 15.5. The maximum absolute atomic E-state index is 13.6. The summed E-state index contributed by atoms with van der Waals surface area (Å²) in [6.45, 7) is 1.93. The lowest BCUT2D eigenvalue weighted by atomic mass is 10.1. The maximum Gasteiger partial charge on any atom is 0.272 e. The first-order chi connectivity index (χ1) is 22.2. The van der Waals surface area contributed by atoms with Gasteiger partial charge in [-0.05, 0) is 78.2 Å². The molecule has 0 bridgehead atoms. The van der Waals surface area contributed by atoms with Crippen molar-refractivity contribution in [1.29, 1.82) is 0 Å². The van der Waals surface area contributed by atoms with Crippen LogP contribution in [0.3, 0.4) is 0 Å². The van der Waals surface area contributed by atoms with Gasteiger partial charge in [0, 0.05) is 31.9 Å². The Labute approximate surface area is 281 Å². The van der Waals surface area contributed by atoms with Crippen molar-refractivity contribution in [1.82, 2.24) is 5.32 Å². The highest BCUT2D eigenvalue weighted by Gasteiger charge is 2.23. The SMILES string of the molecule is Cc1ccccc1/C=C(\NC(=O)c1ccccc1)C(=O)Nc1cccc(SC(C(=O)Nc2cc(Cl)cc(Cl)c2)c2ccccc2)c1. The number of hydrogen-bond acceptors (Lipinski definition) is 4. The predicted molar refractivity (Wildman–Crippen MR) is 188 cm³/mol. The first kappa shape index (κ1) is 32.6. The lowest BCUT2D eigenvalue weighted by Crippen LogP contribution is -2.30. The number of amides is 3. The summed E-state index contributed by atoms with van der Waals surface area (Å²) in [6, 6.07) is 37.7. The van der Waals surface area contributed by atoms with Gasteiger partial charge < -0.3 is 16.0 Å². The highest BCUT2D eigenvalue weighted by atomic mass is 35.5.